The molecule has 3 rings (SSSR count). The number of aryl methyl sites for hydroxylation is 1. The zero-order valence-electron chi connectivity index (χ0n) is 10.7. The number of benzene rings is 2. The summed E-state index contributed by atoms with van der Waals surface area (Å²) < 4.78 is 0. The van der Waals surface area contributed by atoms with Gasteiger partial charge in [0.2, 0.25) is 0 Å². The molecule has 2 aromatic carbocycles. The van der Waals surface area contributed by atoms with Crippen LogP contribution in [0.2, 0.25) is 0 Å². The second kappa shape index (κ2) is 4.61. The second-order valence-electron chi connectivity index (χ2n) is 4.54. The molecule has 1 aromatic heterocycles. The molecule has 3 nitrogen and oxygen atoms in total. The van der Waals surface area contributed by atoms with Crippen LogP contribution >= 0.6 is 0 Å². The predicted octanol–water partition coefficient (Wildman–Crippen LogP) is 3.87. The number of hydrogen-bond acceptors (Lipinski definition) is 3. The van der Waals surface area contributed by atoms with E-state index in [0.717, 1.165) is 22.3 Å². The van der Waals surface area contributed by atoms with Crippen LogP contribution in [-0.2, 0) is 0 Å². The number of nitrogens with zero attached hydrogens (tertiary/aromatic N) is 1. The van der Waals surface area contributed by atoms with Crippen molar-refractivity contribution in [2.75, 3.05) is 11.1 Å². The number of hydrogen-bond donors (Lipinski definition) is 2. The van der Waals surface area contributed by atoms with Crippen LogP contribution in [0.25, 0.3) is 10.9 Å². The molecule has 19 heavy (non-hydrogen) atoms. The Morgan fingerprint density at radius 3 is 2.63 bits per heavy atom. The Hall–Kier alpha value is -2.55. The smallest absolute Gasteiger partial charge is 0.0951 e. The first-order valence-corrected chi connectivity index (χ1v) is 6.21. The normalized spacial score (nSPS) is 10.6. The van der Waals surface area contributed by atoms with Crippen LogP contribution < -0.4 is 11.1 Å². The zero-order chi connectivity index (χ0) is 13.2. The Balaban J connectivity index is 2.12. The fraction of sp³-hybridized carbons (Fsp3) is 0.0625. The maximum absolute atomic E-state index is 5.96. The van der Waals surface area contributed by atoms with Crippen molar-refractivity contribution in [3.05, 3.63) is 60.3 Å². The number of aromatic nitrogens is 1. The van der Waals surface area contributed by atoms with Gasteiger partial charge in [-0.2, -0.15) is 0 Å². The van der Waals surface area contributed by atoms with Gasteiger partial charge in [-0.25, -0.2) is 0 Å². The van der Waals surface area contributed by atoms with Crippen molar-refractivity contribution in [3.63, 3.8) is 0 Å². The summed E-state index contributed by atoms with van der Waals surface area (Å²) in [6.45, 7) is 2.08. The van der Waals surface area contributed by atoms with Crippen molar-refractivity contribution in [1.82, 2.24) is 4.98 Å². The SMILES string of the molecule is Cc1ccccc1Nc1ccc(N)c2ncccc12. The van der Waals surface area contributed by atoms with Gasteiger partial charge in [0.1, 0.15) is 0 Å². The minimum Gasteiger partial charge on any atom is -0.397 e. The predicted molar refractivity (Wildman–Crippen MR) is 80.6 cm³/mol. The van der Waals surface area contributed by atoms with Gasteiger partial charge in [0.25, 0.3) is 0 Å². The summed E-state index contributed by atoms with van der Waals surface area (Å²) in [5, 5.41) is 4.48. The van der Waals surface area contributed by atoms with Crippen molar-refractivity contribution in [1.29, 1.82) is 0 Å². The quantitative estimate of drug-likeness (QED) is 0.678. The van der Waals surface area contributed by atoms with Gasteiger partial charge in [0.15, 0.2) is 0 Å². The third kappa shape index (κ3) is 2.10. The van der Waals surface area contributed by atoms with E-state index in [2.05, 4.69) is 29.4 Å². The molecule has 3 N–H and O–H groups in total. The fourth-order valence-corrected chi connectivity index (χ4v) is 2.16. The number of nitrogens with one attached hydrogen (secondary N) is 1. The van der Waals surface area contributed by atoms with E-state index in [1.54, 1.807) is 6.20 Å². The Kier molecular flexibility index (Phi) is 2.80. The fourth-order valence-electron chi connectivity index (χ4n) is 2.16. The Labute approximate surface area is 112 Å². The third-order valence-corrected chi connectivity index (χ3v) is 3.22. The summed E-state index contributed by atoms with van der Waals surface area (Å²) in [4.78, 5) is 4.34. The van der Waals surface area contributed by atoms with Gasteiger partial charge in [-0.15, -0.1) is 0 Å². The molecule has 0 aliphatic rings. The van der Waals surface area contributed by atoms with Gasteiger partial charge in [-0.1, -0.05) is 18.2 Å². The van der Waals surface area contributed by atoms with E-state index in [-0.39, 0.29) is 0 Å². The molecule has 1 heterocycles. The molecule has 0 fully saturated rings. The van der Waals surface area contributed by atoms with Gasteiger partial charge in [0, 0.05) is 23.0 Å². The van der Waals surface area contributed by atoms with Crippen LogP contribution in [0.5, 0.6) is 0 Å². The molecule has 0 unspecified atom stereocenters. The highest BCUT2D eigenvalue weighted by Crippen LogP contribution is 2.29. The maximum atomic E-state index is 5.96. The van der Waals surface area contributed by atoms with Gasteiger partial charge in [0.05, 0.1) is 11.2 Å². The average Bonchev–Trinajstić information content (AvgIpc) is 2.44. The molecule has 0 saturated heterocycles. The van der Waals surface area contributed by atoms with E-state index in [1.165, 1.54) is 5.56 Å². The molecule has 3 aromatic rings. The van der Waals surface area contributed by atoms with Crippen LogP contribution in [0, 0.1) is 6.92 Å². The second-order valence-corrected chi connectivity index (χ2v) is 4.54. The molecular weight excluding hydrogens is 234 g/mol. The van der Waals surface area contributed by atoms with Crippen LogP contribution in [0.15, 0.2) is 54.7 Å². The van der Waals surface area contributed by atoms with Gasteiger partial charge in [-0.3, -0.25) is 4.98 Å². The lowest BCUT2D eigenvalue weighted by molar-refractivity contribution is 1.40. The van der Waals surface area contributed by atoms with Crippen molar-refractivity contribution in [3.8, 4) is 0 Å². The zero-order valence-corrected chi connectivity index (χ0v) is 10.7. The van der Waals surface area contributed by atoms with E-state index >= 15 is 0 Å². The summed E-state index contributed by atoms with van der Waals surface area (Å²) in [5.41, 5.74) is 10.8. The van der Waals surface area contributed by atoms with E-state index in [0.29, 0.717) is 5.69 Å². The summed E-state index contributed by atoms with van der Waals surface area (Å²) in [6.07, 6.45) is 1.76. The largest absolute Gasteiger partial charge is 0.397 e. The van der Waals surface area contributed by atoms with Gasteiger partial charge in [-0.05, 0) is 42.8 Å². The van der Waals surface area contributed by atoms with Crippen molar-refractivity contribution in [2.45, 2.75) is 6.92 Å². The number of anilines is 3. The van der Waals surface area contributed by atoms with E-state index < -0.39 is 0 Å². The number of fused-ring (bicyclic) bond motifs is 1. The minimum atomic E-state index is 0.700. The number of para-hydroxylation sites is 1. The summed E-state index contributed by atoms with van der Waals surface area (Å²) in [7, 11) is 0. The van der Waals surface area contributed by atoms with Crippen LogP contribution in [-0.4, -0.2) is 4.98 Å². The van der Waals surface area contributed by atoms with Crippen molar-refractivity contribution in [2.24, 2.45) is 0 Å². The molecule has 0 saturated carbocycles. The molecule has 0 amide bonds. The van der Waals surface area contributed by atoms with Gasteiger partial charge < -0.3 is 11.1 Å². The number of nitrogen functional groups attached to an aromatic ring is 1. The molecule has 0 atom stereocenters. The first-order valence-electron chi connectivity index (χ1n) is 6.21. The molecule has 0 spiro atoms. The molecule has 0 radical (unpaired) electrons. The summed E-state index contributed by atoms with van der Waals surface area (Å²) >= 11 is 0. The Morgan fingerprint density at radius 1 is 0.947 bits per heavy atom. The van der Waals surface area contributed by atoms with Crippen LogP contribution in [0.3, 0.4) is 0 Å². The topological polar surface area (TPSA) is 50.9 Å². The molecule has 0 bridgehead atoms. The standard InChI is InChI=1S/C16H15N3/c1-11-5-2-3-7-14(11)19-15-9-8-13(17)16-12(15)6-4-10-18-16/h2-10,19H,17H2,1H3. The molecule has 94 valence electrons. The maximum Gasteiger partial charge on any atom is 0.0951 e. The summed E-state index contributed by atoms with van der Waals surface area (Å²) in [6, 6.07) is 16.0. The highest BCUT2D eigenvalue weighted by molar-refractivity contribution is 5.99. The highest BCUT2D eigenvalue weighted by Gasteiger charge is 2.05. The van der Waals surface area contributed by atoms with Crippen molar-refractivity contribution >= 4 is 28.0 Å². The average molecular weight is 249 g/mol. The first kappa shape index (κ1) is 11.5. The van der Waals surface area contributed by atoms with E-state index in [9.17, 15) is 0 Å². The van der Waals surface area contributed by atoms with E-state index in [1.807, 2.05) is 36.4 Å². The number of pyridine rings is 1. The molecule has 0 aliphatic carbocycles. The minimum absolute atomic E-state index is 0.700. The van der Waals surface area contributed by atoms with E-state index in [4.69, 9.17) is 5.73 Å². The Bertz CT molecular complexity index is 735. The monoisotopic (exact) mass is 249 g/mol. The molecule has 3 heteroatoms. The van der Waals surface area contributed by atoms with Crippen LogP contribution in [0.4, 0.5) is 17.1 Å². The third-order valence-electron chi connectivity index (χ3n) is 3.22. The van der Waals surface area contributed by atoms with Crippen molar-refractivity contribution < 1.29 is 0 Å². The van der Waals surface area contributed by atoms with Crippen LogP contribution in [0.1, 0.15) is 5.56 Å². The molecular formula is C16H15N3. The highest BCUT2D eigenvalue weighted by atomic mass is 14.9. The number of rotatable bonds is 2. The first-order chi connectivity index (χ1) is 9.25. The summed E-state index contributed by atoms with van der Waals surface area (Å²) in [5.74, 6) is 0. The van der Waals surface area contributed by atoms with Gasteiger partial charge >= 0.3 is 0 Å². The number of nitrogens with two attached hydrogens (primary N) is 1. The lowest BCUT2D eigenvalue weighted by Gasteiger charge is -2.12. The Morgan fingerprint density at radius 2 is 1.79 bits per heavy atom. The lowest BCUT2D eigenvalue weighted by Crippen LogP contribution is -1.96. The lowest BCUT2D eigenvalue weighted by atomic mass is 10.1. The molecule has 0 aliphatic heterocycles.